The molecule has 2 saturated heterocycles. The van der Waals surface area contributed by atoms with Crippen molar-refractivity contribution in [2.24, 2.45) is 5.73 Å². The van der Waals surface area contributed by atoms with Crippen molar-refractivity contribution in [2.75, 3.05) is 19.6 Å². The lowest BCUT2D eigenvalue weighted by Gasteiger charge is -2.33. The van der Waals surface area contributed by atoms with Crippen molar-refractivity contribution in [2.45, 2.75) is 31.1 Å². The van der Waals surface area contributed by atoms with Gasteiger partial charge in [0.05, 0.1) is 12.2 Å². The number of nitrogens with zero attached hydrogens (tertiary/aromatic N) is 1. The largest absolute Gasteiger partial charge is 0.372 e. The zero-order chi connectivity index (χ0) is 12.5. The summed E-state index contributed by atoms with van der Waals surface area (Å²) in [5, 5.41) is 0. The van der Waals surface area contributed by atoms with Gasteiger partial charge in [0.25, 0.3) is 0 Å². The summed E-state index contributed by atoms with van der Waals surface area (Å²) in [6.07, 6.45) is 3.13. The number of benzene rings is 1. The van der Waals surface area contributed by atoms with Gasteiger partial charge in [0, 0.05) is 25.7 Å². The van der Waals surface area contributed by atoms with Gasteiger partial charge in [0.15, 0.2) is 0 Å². The molecule has 3 nitrogen and oxygen atoms in total. The van der Waals surface area contributed by atoms with Crippen molar-refractivity contribution in [1.82, 2.24) is 4.90 Å². The number of fused-ring (bicyclic) bond motifs is 2. The maximum absolute atomic E-state index is 12.9. The normalized spacial score (nSPS) is 29.4. The summed E-state index contributed by atoms with van der Waals surface area (Å²) in [6, 6.07) is 6.43. The molecule has 3 rings (SSSR count). The van der Waals surface area contributed by atoms with Gasteiger partial charge < -0.3 is 10.5 Å². The summed E-state index contributed by atoms with van der Waals surface area (Å²) in [6.45, 7) is 2.78. The van der Waals surface area contributed by atoms with Crippen LogP contribution in [0, 0.1) is 5.82 Å². The van der Waals surface area contributed by atoms with E-state index >= 15 is 0 Å². The highest BCUT2D eigenvalue weighted by molar-refractivity contribution is 5.19. The van der Waals surface area contributed by atoms with Crippen molar-refractivity contribution >= 4 is 0 Å². The highest BCUT2D eigenvalue weighted by atomic mass is 19.1. The Morgan fingerprint density at radius 3 is 2.44 bits per heavy atom. The molecule has 1 aromatic rings. The van der Waals surface area contributed by atoms with Gasteiger partial charge in [-0.05, 0) is 30.5 Å². The Bertz CT molecular complexity index is 397. The highest BCUT2D eigenvalue weighted by Gasteiger charge is 2.34. The molecule has 18 heavy (non-hydrogen) atoms. The molecule has 2 aliphatic rings. The first-order chi connectivity index (χ1) is 8.70. The van der Waals surface area contributed by atoms with Crippen molar-refractivity contribution in [3.05, 3.63) is 35.6 Å². The van der Waals surface area contributed by atoms with Gasteiger partial charge in [-0.3, -0.25) is 4.90 Å². The van der Waals surface area contributed by atoms with Crippen molar-refractivity contribution in [1.29, 1.82) is 0 Å². The lowest BCUT2D eigenvalue weighted by atomic mass is 10.1. The topological polar surface area (TPSA) is 38.5 Å². The summed E-state index contributed by atoms with van der Waals surface area (Å²) < 4.78 is 18.7. The van der Waals surface area contributed by atoms with Crippen molar-refractivity contribution in [3.63, 3.8) is 0 Å². The predicted molar refractivity (Wildman–Crippen MR) is 67.7 cm³/mol. The third-order valence-electron chi connectivity index (χ3n) is 3.87. The van der Waals surface area contributed by atoms with Crippen LogP contribution in [0.3, 0.4) is 0 Å². The summed E-state index contributed by atoms with van der Waals surface area (Å²) in [4.78, 5) is 2.37. The van der Waals surface area contributed by atoms with E-state index < -0.39 is 0 Å². The minimum Gasteiger partial charge on any atom is -0.372 e. The minimum atomic E-state index is -0.213. The molecule has 3 unspecified atom stereocenters. The van der Waals surface area contributed by atoms with Crippen LogP contribution in [0.4, 0.5) is 4.39 Å². The van der Waals surface area contributed by atoms with E-state index in [4.69, 9.17) is 10.5 Å². The monoisotopic (exact) mass is 250 g/mol. The van der Waals surface area contributed by atoms with Gasteiger partial charge in [0.1, 0.15) is 5.82 Å². The van der Waals surface area contributed by atoms with Crippen LogP contribution in [0.25, 0.3) is 0 Å². The Hall–Kier alpha value is -0.970. The number of morpholine rings is 1. The Balaban J connectivity index is 1.60. The van der Waals surface area contributed by atoms with Crippen LogP contribution in [-0.2, 0) is 4.74 Å². The molecule has 0 aromatic heterocycles. The number of nitrogens with two attached hydrogens (primary N) is 1. The first-order valence-corrected chi connectivity index (χ1v) is 6.59. The molecule has 0 amide bonds. The average Bonchev–Trinajstić information content (AvgIpc) is 2.69. The van der Waals surface area contributed by atoms with Gasteiger partial charge in [-0.2, -0.15) is 0 Å². The van der Waals surface area contributed by atoms with Crippen molar-refractivity contribution < 1.29 is 9.13 Å². The van der Waals surface area contributed by atoms with Crippen LogP contribution in [0.1, 0.15) is 24.4 Å². The number of halogens is 1. The Kier molecular flexibility index (Phi) is 3.33. The predicted octanol–water partition coefficient (Wildman–Crippen LogP) is 1.69. The van der Waals surface area contributed by atoms with E-state index in [1.807, 2.05) is 0 Å². The number of likely N-dealkylation sites (tertiary alicyclic amines) is 1. The summed E-state index contributed by atoms with van der Waals surface area (Å²) >= 11 is 0. The second kappa shape index (κ2) is 4.96. The van der Waals surface area contributed by atoms with E-state index in [0.717, 1.165) is 25.2 Å². The third-order valence-corrected chi connectivity index (χ3v) is 3.87. The molecule has 2 heterocycles. The van der Waals surface area contributed by atoms with Crippen molar-refractivity contribution in [3.8, 4) is 0 Å². The van der Waals surface area contributed by atoms with Crippen LogP contribution < -0.4 is 5.73 Å². The van der Waals surface area contributed by atoms with E-state index in [0.29, 0.717) is 12.2 Å². The van der Waals surface area contributed by atoms with Gasteiger partial charge in [-0.1, -0.05) is 12.1 Å². The van der Waals surface area contributed by atoms with Gasteiger partial charge in [-0.15, -0.1) is 0 Å². The van der Waals surface area contributed by atoms with Crippen LogP contribution in [0.15, 0.2) is 24.3 Å². The second-order valence-corrected chi connectivity index (χ2v) is 5.33. The molecule has 3 atom stereocenters. The molecule has 1 aromatic carbocycles. The Morgan fingerprint density at radius 1 is 1.22 bits per heavy atom. The average molecular weight is 250 g/mol. The van der Waals surface area contributed by atoms with Gasteiger partial charge in [0.2, 0.25) is 0 Å². The zero-order valence-corrected chi connectivity index (χ0v) is 10.4. The maximum atomic E-state index is 12.9. The standard InChI is InChI=1S/C14H19FN2O/c15-11-3-1-10(2-4-11)14(16)9-17-7-12-5-6-13(8-17)18-12/h1-4,12-14H,5-9,16H2. The Morgan fingerprint density at radius 2 is 1.83 bits per heavy atom. The lowest BCUT2D eigenvalue weighted by Crippen LogP contribution is -2.45. The van der Waals surface area contributed by atoms with Crippen LogP contribution >= 0.6 is 0 Å². The molecule has 4 heteroatoms. The van der Waals surface area contributed by atoms with E-state index in [1.165, 1.54) is 25.0 Å². The first kappa shape index (κ1) is 12.1. The molecular formula is C14H19FN2O. The van der Waals surface area contributed by atoms with E-state index in [9.17, 15) is 4.39 Å². The SMILES string of the molecule is NC(CN1CC2CCC(C1)O2)c1ccc(F)cc1. The number of hydrogen-bond donors (Lipinski definition) is 1. The van der Waals surface area contributed by atoms with E-state index in [-0.39, 0.29) is 11.9 Å². The fraction of sp³-hybridized carbons (Fsp3) is 0.571. The molecule has 2 N–H and O–H groups in total. The maximum Gasteiger partial charge on any atom is 0.123 e. The summed E-state index contributed by atoms with van der Waals surface area (Å²) in [5.74, 6) is -0.213. The third kappa shape index (κ3) is 2.55. The molecule has 98 valence electrons. The smallest absolute Gasteiger partial charge is 0.123 e. The summed E-state index contributed by atoms with van der Waals surface area (Å²) in [5.41, 5.74) is 7.18. The zero-order valence-electron chi connectivity index (χ0n) is 10.4. The number of ether oxygens (including phenoxy) is 1. The van der Waals surface area contributed by atoms with Gasteiger partial charge >= 0.3 is 0 Å². The van der Waals surface area contributed by atoms with Crippen LogP contribution in [0.2, 0.25) is 0 Å². The molecule has 2 aliphatic heterocycles. The molecular weight excluding hydrogens is 231 g/mol. The molecule has 0 radical (unpaired) electrons. The van der Waals surface area contributed by atoms with Crippen LogP contribution in [0.5, 0.6) is 0 Å². The molecule has 2 fully saturated rings. The highest BCUT2D eigenvalue weighted by Crippen LogP contribution is 2.27. The summed E-state index contributed by atoms with van der Waals surface area (Å²) in [7, 11) is 0. The fourth-order valence-corrected chi connectivity index (χ4v) is 2.94. The van der Waals surface area contributed by atoms with Gasteiger partial charge in [-0.25, -0.2) is 4.39 Å². The molecule has 2 bridgehead atoms. The second-order valence-electron chi connectivity index (χ2n) is 5.33. The number of hydrogen-bond acceptors (Lipinski definition) is 3. The Labute approximate surface area is 107 Å². The quantitative estimate of drug-likeness (QED) is 0.887. The molecule has 0 spiro atoms. The van der Waals surface area contributed by atoms with E-state index in [1.54, 1.807) is 12.1 Å². The first-order valence-electron chi connectivity index (χ1n) is 6.59. The minimum absolute atomic E-state index is 0.0527. The van der Waals surface area contributed by atoms with Crippen LogP contribution in [-0.4, -0.2) is 36.7 Å². The molecule has 0 saturated carbocycles. The lowest BCUT2D eigenvalue weighted by molar-refractivity contribution is -0.0397. The fourth-order valence-electron chi connectivity index (χ4n) is 2.94. The van der Waals surface area contributed by atoms with E-state index in [2.05, 4.69) is 4.90 Å². The molecule has 0 aliphatic carbocycles. The number of rotatable bonds is 3.